The molecule has 0 aliphatic rings. The van der Waals surface area contributed by atoms with Gasteiger partial charge in [-0.15, -0.1) is 0 Å². The van der Waals surface area contributed by atoms with Crippen LogP contribution in [0.2, 0.25) is 0 Å². The molecule has 0 saturated heterocycles. The minimum absolute atomic E-state index is 0.0116. The fraction of sp³-hybridized carbons (Fsp3) is 0.500. The molecule has 0 N–H and O–H groups in total. The van der Waals surface area contributed by atoms with Crippen molar-refractivity contribution in [1.29, 1.82) is 0 Å². The van der Waals surface area contributed by atoms with Gasteiger partial charge in [0, 0.05) is 20.6 Å². The van der Waals surface area contributed by atoms with Crippen molar-refractivity contribution in [1.82, 2.24) is 14.7 Å². The summed E-state index contributed by atoms with van der Waals surface area (Å²) in [6.45, 7) is 2.63. The molecule has 72 valence electrons. The van der Waals surface area contributed by atoms with Gasteiger partial charge >= 0.3 is 0 Å². The van der Waals surface area contributed by atoms with E-state index in [9.17, 15) is 4.79 Å². The Morgan fingerprint density at radius 3 is 2.77 bits per heavy atom. The molecule has 0 radical (unpaired) electrons. The summed E-state index contributed by atoms with van der Waals surface area (Å²) in [5.41, 5.74) is 0.604. The zero-order valence-corrected chi connectivity index (χ0v) is 9.50. The van der Waals surface area contributed by atoms with Crippen LogP contribution in [0.15, 0.2) is 10.8 Å². The van der Waals surface area contributed by atoms with Crippen molar-refractivity contribution >= 4 is 21.8 Å². The number of carbonyl (C=O) groups is 1. The van der Waals surface area contributed by atoms with Crippen molar-refractivity contribution in [3.05, 3.63) is 16.4 Å². The molecule has 0 spiro atoms. The highest BCUT2D eigenvalue weighted by molar-refractivity contribution is 9.10. The quantitative estimate of drug-likeness (QED) is 0.788. The summed E-state index contributed by atoms with van der Waals surface area (Å²) in [4.78, 5) is 13.3. The zero-order valence-electron chi connectivity index (χ0n) is 7.91. The van der Waals surface area contributed by atoms with E-state index in [1.807, 2.05) is 6.92 Å². The van der Waals surface area contributed by atoms with E-state index >= 15 is 0 Å². The zero-order chi connectivity index (χ0) is 10.0. The second kappa shape index (κ2) is 3.91. The second-order valence-electron chi connectivity index (χ2n) is 2.79. The predicted octanol–water partition coefficient (Wildman–Crippen LogP) is 1.27. The van der Waals surface area contributed by atoms with Crippen LogP contribution in [0.4, 0.5) is 0 Å². The topological polar surface area (TPSA) is 38.1 Å². The van der Waals surface area contributed by atoms with Crippen molar-refractivity contribution in [3.8, 4) is 0 Å². The maximum absolute atomic E-state index is 11.7. The Morgan fingerprint density at radius 2 is 2.38 bits per heavy atom. The summed E-state index contributed by atoms with van der Waals surface area (Å²) in [5.74, 6) is -0.0116. The van der Waals surface area contributed by atoms with Crippen molar-refractivity contribution in [2.75, 3.05) is 13.6 Å². The summed E-state index contributed by atoms with van der Waals surface area (Å²) in [7, 11) is 3.55. The smallest absolute Gasteiger partial charge is 0.257 e. The van der Waals surface area contributed by atoms with Gasteiger partial charge in [0.05, 0.1) is 11.8 Å². The van der Waals surface area contributed by atoms with Crippen LogP contribution in [0.25, 0.3) is 0 Å². The lowest BCUT2D eigenvalue weighted by atomic mass is 10.3. The van der Waals surface area contributed by atoms with Crippen molar-refractivity contribution < 1.29 is 4.79 Å². The lowest BCUT2D eigenvalue weighted by Crippen LogP contribution is -2.26. The van der Waals surface area contributed by atoms with E-state index in [0.717, 1.165) is 4.60 Å². The lowest BCUT2D eigenvalue weighted by Gasteiger charge is -2.13. The highest BCUT2D eigenvalue weighted by atomic mass is 79.9. The first-order valence-electron chi connectivity index (χ1n) is 4.00. The molecule has 5 heteroatoms. The van der Waals surface area contributed by atoms with Crippen LogP contribution in [0.3, 0.4) is 0 Å². The van der Waals surface area contributed by atoms with E-state index in [0.29, 0.717) is 12.1 Å². The van der Waals surface area contributed by atoms with Gasteiger partial charge in [0.15, 0.2) is 0 Å². The van der Waals surface area contributed by atoms with Gasteiger partial charge in [-0.3, -0.25) is 9.48 Å². The molecule has 1 amide bonds. The Kier molecular flexibility index (Phi) is 3.08. The normalized spacial score (nSPS) is 10.2. The first-order chi connectivity index (χ1) is 6.07. The van der Waals surface area contributed by atoms with Crippen LogP contribution < -0.4 is 0 Å². The molecule has 0 unspecified atom stereocenters. The monoisotopic (exact) mass is 245 g/mol. The molecule has 0 saturated carbocycles. The van der Waals surface area contributed by atoms with Crippen LogP contribution in [0.1, 0.15) is 17.3 Å². The molecule has 0 atom stereocenters. The molecule has 0 aromatic carbocycles. The molecular formula is C8H12BrN3O. The van der Waals surface area contributed by atoms with Crippen LogP contribution in [0.5, 0.6) is 0 Å². The van der Waals surface area contributed by atoms with Crippen LogP contribution in [-0.2, 0) is 7.05 Å². The molecule has 0 aliphatic carbocycles. The Bertz CT molecular complexity index is 321. The number of aryl methyl sites for hydroxylation is 1. The van der Waals surface area contributed by atoms with Gasteiger partial charge in [0.25, 0.3) is 5.91 Å². The van der Waals surface area contributed by atoms with E-state index in [4.69, 9.17) is 0 Å². The van der Waals surface area contributed by atoms with Crippen molar-refractivity contribution in [2.24, 2.45) is 7.05 Å². The second-order valence-corrected chi connectivity index (χ2v) is 3.54. The maximum Gasteiger partial charge on any atom is 0.257 e. The molecule has 0 bridgehead atoms. The number of hydrogen-bond donors (Lipinski definition) is 0. The minimum Gasteiger partial charge on any atom is -0.342 e. The molecule has 0 fully saturated rings. The number of aromatic nitrogens is 2. The summed E-state index contributed by atoms with van der Waals surface area (Å²) in [6.07, 6.45) is 1.57. The molecular weight excluding hydrogens is 234 g/mol. The number of halogens is 1. The number of nitrogens with zero attached hydrogens (tertiary/aromatic N) is 3. The summed E-state index contributed by atoms with van der Waals surface area (Å²) < 4.78 is 2.34. The van der Waals surface area contributed by atoms with E-state index in [-0.39, 0.29) is 5.91 Å². The van der Waals surface area contributed by atoms with Gasteiger partial charge in [-0.1, -0.05) is 0 Å². The molecule has 1 aromatic heterocycles. The number of hydrogen-bond acceptors (Lipinski definition) is 2. The molecule has 13 heavy (non-hydrogen) atoms. The Morgan fingerprint density at radius 1 is 1.77 bits per heavy atom. The first-order valence-corrected chi connectivity index (χ1v) is 4.80. The van der Waals surface area contributed by atoms with Crippen molar-refractivity contribution in [3.63, 3.8) is 0 Å². The van der Waals surface area contributed by atoms with E-state index in [1.54, 1.807) is 29.9 Å². The first kappa shape index (κ1) is 10.2. The van der Waals surface area contributed by atoms with Gasteiger partial charge in [0.1, 0.15) is 4.60 Å². The van der Waals surface area contributed by atoms with Gasteiger partial charge in [-0.25, -0.2) is 0 Å². The van der Waals surface area contributed by atoms with E-state index < -0.39 is 0 Å². The molecule has 1 aromatic rings. The van der Waals surface area contributed by atoms with Gasteiger partial charge in [0.2, 0.25) is 0 Å². The Hall–Kier alpha value is -0.840. The number of carbonyl (C=O) groups excluding carboxylic acids is 1. The fourth-order valence-electron chi connectivity index (χ4n) is 0.915. The molecule has 4 nitrogen and oxygen atoms in total. The fourth-order valence-corrected chi connectivity index (χ4v) is 1.28. The molecule has 1 rings (SSSR count). The average molecular weight is 246 g/mol. The Balaban J connectivity index is 2.95. The molecule has 0 aliphatic heterocycles. The van der Waals surface area contributed by atoms with E-state index in [1.165, 1.54) is 0 Å². The SMILES string of the molecule is CCN(C)C(=O)c1cnn(C)c1Br. The third-order valence-corrected chi connectivity index (χ3v) is 2.86. The van der Waals surface area contributed by atoms with Gasteiger partial charge < -0.3 is 4.90 Å². The van der Waals surface area contributed by atoms with Crippen molar-refractivity contribution in [2.45, 2.75) is 6.92 Å². The lowest BCUT2D eigenvalue weighted by molar-refractivity contribution is 0.0801. The number of amides is 1. The third kappa shape index (κ3) is 1.91. The van der Waals surface area contributed by atoms with E-state index in [2.05, 4.69) is 21.0 Å². The highest BCUT2D eigenvalue weighted by Crippen LogP contribution is 2.16. The van der Waals surface area contributed by atoms with Gasteiger partial charge in [-0.2, -0.15) is 5.10 Å². The Labute approximate surface area is 85.7 Å². The van der Waals surface area contributed by atoms with Crippen LogP contribution in [0, 0.1) is 0 Å². The summed E-state index contributed by atoms with van der Waals surface area (Å²) in [6, 6.07) is 0. The third-order valence-electron chi connectivity index (χ3n) is 1.92. The predicted molar refractivity (Wildman–Crippen MR) is 53.5 cm³/mol. The average Bonchev–Trinajstić information content (AvgIpc) is 2.45. The van der Waals surface area contributed by atoms with Crippen LogP contribution in [-0.4, -0.2) is 34.2 Å². The molecule has 1 heterocycles. The van der Waals surface area contributed by atoms with Crippen LogP contribution >= 0.6 is 15.9 Å². The standard InChI is InChI=1S/C8H12BrN3O/c1-4-11(2)8(13)6-5-10-12(3)7(6)9/h5H,4H2,1-3H3. The largest absolute Gasteiger partial charge is 0.342 e. The van der Waals surface area contributed by atoms with Gasteiger partial charge in [-0.05, 0) is 22.9 Å². The summed E-state index contributed by atoms with van der Waals surface area (Å²) >= 11 is 3.30. The number of rotatable bonds is 2. The highest BCUT2D eigenvalue weighted by Gasteiger charge is 2.16. The maximum atomic E-state index is 11.7. The minimum atomic E-state index is -0.0116. The summed E-state index contributed by atoms with van der Waals surface area (Å²) in [5, 5.41) is 3.98.